The molecule has 0 saturated carbocycles. The van der Waals surface area contributed by atoms with Crippen LogP contribution >= 0.6 is 23.4 Å². The molecule has 3 rings (SSSR count). The van der Waals surface area contributed by atoms with E-state index in [0.717, 1.165) is 49.0 Å². The van der Waals surface area contributed by atoms with Gasteiger partial charge in [-0.3, -0.25) is 4.79 Å². The number of nitrogens with zero attached hydrogens (tertiary/aromatic N) is 3. The SMILES string of the molecule is CCCCCCn1c(SCC(=O)NCC2CCCO2)nnc1-c1ccc(Cl)cc1. The average molecular weight is 437 g/mol. The van der Waals surface area contributed by atoms with Crippen LogP contribution in [0.25, 0.3) is 11.4 Å². The van der Waals surface area contributed by atoms with E-state index in [1.54, 1.807) is 0 Å². The fourth-order valence-corrected chi connectivity index (χ4v) is 4.24. The molecule has 0 radical (unpaired) electrons. The number of amides is 1. The molecule has 1 aromatic carbocycles. The number of nitrogens with one attached hydrogen (secondary N) is 1. The number of aromatic nitrogens is 3. The Hall–Kier alpha value is -1.57. The van der Waals surface area contributed by atoms with Crippen LogP contribution in [0.3, 0.4) is 0 Å². The minimum absolute atomic E-state index is 0.000856. The summed E-state index contributed by atoms with van der Waals surface area (Å²) in [5.74, 6) is 1.14. The predicted molar refractivity (Wildman–Crippen MR) is 117 cm³/mol. The van der Waals surface area contributed by atoms with E-state index in [1.165, 1.54) is 31.0 Å². The van der Waals surface area contributed by atoms with Crippen LogP contribution in [0.1, 0.15) is 45.4 Å². The molecule has 1 aliphatic rings. The van der Waals surface area contributed by atoms with Crippen molar-refractivity contribution in [2.45, 2.75) is 63.3 Å². The Kier molecular flexibility index (Phi) is 8.83. The third-order valence-corrected chi connectivity index (χ3v) is 6.16. The molecule has 6 nitrogen and oxygen atoms in total. The first-order valence-electron chi connectivity index (χ1n) is 10.4. The predicted octanol–water partition coefficient (Wildman–Crippen LogP) is 4.57. The highest BCUT2D eigenvalue weighted by atomic mass is 35.5. The fourth-order valence-electron chi connectivity index (χ4n) is 3.32. The summed E-state index contributed by atoms with van der Waals surface area (Å²) in [6.45, 7) is 4.42. The number of carbonyl (C=O) groups is 1. The van der Waals surface area contributed by atoms with Gasteiger partial charge in [-0.25, -0.2) is 0 Å². The maximum absolute atomic E-state index is 12.2. The summed E-state index contributed by atoms with van der Waals surface area (Å²) in [5.41, 5.74) is 0.979. The third kappa shape index (κ3) is 6.73. The summed E-state index contributed by atoms with van der Waals surface area (Å²) in [7, 11) is 0. The number of carbonyl (C=O) groups excluding carboxylic acids is 1. The average Bonchev–Trinajstić information content (AvgIpc) is 3.39. The van der Waals surface area contributed by atoms with Gasteiger partial charge in [0.05, 0.1) is 11.9 Å². The van der Waals surface area contributed by atoms with Crippen molar-refractivity contribution in [3.8, 4) is 11.4 Å². The molecule has 0 spiro atoms. The standard InChI is InChI=1S/C21H29ClN4O2S/c1-2-3-4-5-12-26-20(16-8-10-17(22)11-9-16)24-25-21(26)29-15-19(27)23-14-18-7-6-13-28-18/h8-11,18H,2-7,12-15H2,1H3,(H,23,27). The first-order chi connectivity index (χ1) is 14.2. The number of hydrogen-bond donors (Lipinski definition) is 1. The van der Waals surface area contributed by atoms with E-state index >= 15 is 0 Å². The molecule has 1 atom stereocenters. The molecule has 1 amide bonds. The smallest absolute Gasteiger partial charge is 0.230 e. The van der Waals surface area contributed by atoms with Gasteiger partial charge in [0.15, 0.2) is 11.0 Å². The van der Waals surface area contributed by atoms with Crippen molar-refractivity contribution in [3.63, 3.8) is 0 Å². The molecule has 2 heterocycles. The molecule has 1 saturated heterocycles. The second-order valence-electron chi connectivity index (χ2n) is 7.25. The molecule has 1 aromatic heterocycles. The second kappa shape index (κ2) is 11.6. The van der Waals surface area contributed by atoms with E-state index in [2.05, 4.69) is 27.0 Å². The third-order valence-electron chi connectivity index (χ3n) is 4.94. The van der Waals surface area contributed by atoms with E-state index in [4.69, 9.17) is 16.3 Å². The van der Waals surface area contributed by atoms with Crippen LogP contribution in [0.5, 0.6) is 0 Å². The van der Waals surface area contributed by atoms with Gasteiger partial charge in [-0.1, -0.05) is 49.5 Å². The molecule has 8 heteroatoms. The lowest BCUT2D eigenvalue weighted by molar-refractivity contribution is -0.119. The summed E-state index contributed by atoms with van der Waals surface area (Å²) in [6.07, 6.45) is 6.88. The summed E-state index contributed by atoms with van der Waals surface area (Å²) < 4.78 is 7.67. The van der Waals surface area contributed by atoms with E-state index < -0.39 is 0 Å². The molecule has 1 N–H and O–H groups in total. The van der Waals surface area contributed by atoms with Gasteiger partial charge in [-0.15, -0.1) is 10.2 Å². The van der Waals surface area contributed by atoms with Crippen LogP contribution < -0.4 is 5.32 Å². The molecule has 1 fully saturated rings. The molecule has 2 aromatic rings. The highest BCUT2D eigenvalue weighted by Crippen LogP contribution is 2.26. The van der Waals surface area contributed by atoms with Crippen molar-refractivity contribution >= 4 is 29.3 Å². The lowest BCUT2D eigenvalue weighted by Crippen LogP contribution is -2.32. The van der Waals surface area contributed by atoms with Crippen LogP contribution in [-0.4, -0.2) is 45.7 Å². The van der Waals surface area contributed by atoms with E-state index in [9.17, 15) is 4.79 Å². The van der Waals surface area contributed by atoms with Gasteiger partial charge < -0.3 is 14.6 Å². The molecule has 29 heavy (non-hydrogen) atoms. The summed E-state index contributed by atoms with van der Waals surface area (Å²) in [6, 6.07) is 7.63. The number of benzene rings is 1. The zero-order valence-electron chi connectivity index (χ0n) is 16.9. The normalized spacial score (nSPS) is 16.3. The van der Waals surface area contributed by atoms with Crippen molar-refractivity contribution in [1.29, 1.82) is 0 Å². The highest BCUT2D eigenvalue weighted by Gasteiger charge is 2.18. The maximum Gasteiger partial charge on any atom is 0.230 e. The zero-order chi connectivity index (χ0) is 20.5. The maximum atomic E-state index is 12.2. The first kappa shape index (κ1) is 22.1. The number of thioether (sulfide) groups is 1. The minimum atomic E-state index is -0.000856. The van der Waals surface area contributed by atoms with Gasteiger partial charge in [0.25, 0.3) is 0 Å². The minimum Gasteiger partial charge on any atom is -0.376 e. The number of halogens is 1. The van der Waals surface area contributed by atoms with Crippen LogP contribution in [0.4, 0.5) is 0 Å². The molecule has 0 aliphatic carbocycles. The lowest BCUT2D eigenvalue weighted by atomic mass is 10.2. The molecular weight excluding hydrogens is 408 g/mol. The Morgan fingerprint density at radius 3 is 2.83 bits per heavy atom. The van der Waals surface area contributed by atoms with Crippen molar-refractivity contribution in [1.82, 2.24) is 20.1 Å². The van der Waals surface area contributed by atoms with Gasteiger partial charge in [-0.2, -0.15) is 0 Å². The van der Waals surface area contributed by atoms with Gasteiger partial charge in [0.1, 0.15) is 0 Å². The Balaban J connectivity index is 1.62. The summed E-state index contributed by atoms with van der Waals surface area (Å²) in [5, 5.41) is 13.2. The largest absolute Gasteiger partial charge is 0.376 e. The van der Waals surface area contributed by atoms with Crippen molar-refractivity contribution < 1.29 is 9.53 Å². The van der Waals surface area contributed by atoms with Gasteiger partial charge in [0, 0.05) is 30.3 Å². The van der Waals surface area contributed by atoms with Gasteiger partial charge in [-0.05, 0) is 43.5 Å². The topological polar surface area (TPSA) is 69.0 Å². The van der Waals surface area contributed by atoms with E-state index in [0.29, 0.717) is 17.3 Å². The summed E-state index contributed by atoms with van der Waals surface area (Å²) in [4.78, 5) is 12.2. The monoisotopic (exact) mass is 436 g/mol. The zero-order valence-corrected chi connectivity index (χ0v) is 18.5. The highest BCUT2D eigenvalue weighted by molar-refractivity contribution is 7.99. The van der Waals surface area contributed by atoms with Crippen molar-refractivity contribution in [3.05, 3.63) is 29.3 Å². The van der Waals surface area contributed by atoms with E-state index in [-0.39, 0.29) is 12.0 Å². The Morgan fingerprint density at radius 2 is 2.10 bits per heavy atom. The first-order valence-corrected chi connectivity index (χ1v) is 11.7. The van der Waals surface area contributed by atoms with E-state index in [1.807, 2.05) is 24.3 Å². The van der Waals surface area contributed by atoms with Gasteiger partial charge in [0.2, 0.25) is 5.91 Å². The molecule has 1 aliphatic heterocycles. The number of hydrogen-bond acceptors (Lipinski definition) is 5. The van der Waals surface area contributed by atoms with Gasteiger partial charge >= 0.3 is 0 Å². The number of rotatable bonds is 11. The Labute approximate surface area is 181 Å². The van der Waals surface area contributed by atoms with Crippen molar-refractivity contribution in [2.75, 3.05) is 18.9 Å². The van der Waals surface area contributed by atoms with Crippen molar-refractivity contribution in [2.24, 2.45) is 0 Å². The molecule has 0 bridgehead atoms. The lowest BCUT2D eigenvalue weighted by Gasteiger charge is -2.12. The quantitative estimate of drug-likeness (QED) is 0.413. The van der Waals surface area contributed by atoms with Crippen LogP contribution in [0.15, 0.2) is 29.4 Å². The van der Waals surface area contributed by atoms with Crippen LogP contribution in [0, 0.1) is 0 Å². The number of unbranched alkanes of at least 4 members (excludes halogenated alkanes) is 3. The molecule has 1 unspecified atom stereocenters. The Bertz CT molecular complexity index is 775. The van der Waals surface area contributed by atoms with Crippen LogP contribution in [0.2, 0.25) is 5.02 Å². The molecule has 158 valence electrons. The van der Waals surface area contributed by atoms with Crippen LogP contribution in [-0.2, 0) is 16.1 Å². The fraction of sp³-hybridized carbons (Fsp3) is 0.571. The number of ether oxygens (including phenoxy) is 1. The Morgan fingerprint density at radius 1 is 1.28 bits per heavy atom. The summed E-state index contributed by atoms with van der Waals surface area (Å²) >= 11 is 7.45. The molecular formula is C21H29ClN4O2S. The second-order valence-corrected chi connectivity index (χ2v) is 8.63.